The Morgan fingerprint density at radius 2 is 2.18 bits per heavy atom. The summed E-state index contributed by atoms with van der Waals surface area (Å²) in [5, 5.41) is 13.2. The smallest absolute Gasteiger partial charge is 0.195 e. The molecule has 0 aliphatic carbocycles. The minimum absolute atomic E-state index is 0.459. The second-order valence-electron chi connectivity index (χ2n) is 4.08. The first-order chi connectivity index (χ1) is 8.22. The van der Waals surface area contributed by atoms with Gasteiger partial charge in [0, 0.05) is 17.5 Å². The van der Waals surface area contributed by atoms with E-state index in [1.807, 2.05) is 28.8 Å². The summed E-state index contributed by atoms with van der Waals surface area (Å²) in [6.07, 6.45) is 2.00. The number of thioether (sulfide) groups is 1. The highest BCUT2D eigenvalue weighted by Gasteiger charge is 2.15. The molecular weight excluding hydrogens is 232 g/mol. The van der Waals surface area contributed by atoms with Gasteiger partial charge in [-0.2, -0.15) is 0 Å². The van der Waals surface area contributed by atoms with Crippen molar-refractivity contribution in [3.63, 3.8) is 0 Å². The molecular formula is C12H18N4S. The highest BCUT2D eigenvalue weighted by molar-refractivity contribution is 7.99. The van der Waals surface area contributed by atoms with Gasteiger partial charge in [-0.25, -0.2) is 0 Å². The molecule has 92 valence electrons. The Morgan fingerprint density at radius 1 is 1.35 bits per heavy atom. The molecule has 0 aliphatic heterocycles. The molecule has 2 heterocycles. The van der Waals surface area contributed by atoms with E-state index in [1.54, 1.807) is 11.8 Å². The van der Waals surface area contributed by atoms with Crippen LogP contribution in [0.25, 0.3) is 5.65 Å². The fourth-order valence-corrected chi connectivity index (χ4v) is 2.64. The van der Waals surface area contributed by atoms with Crippen molar-refractivity contribution < 1.29 is 0 Å². The fraction of sp³-hybridized carbons (Fsp3) is 0.500. The SMILES string of the molecule is CCNC(C)C(C)Sc1nnc2ccccn12. The first-order valence-electron chi connectivity index (χ1n) is 5.92. The van der Waals surface area contributed by atoms with Crippen LogP contribution in [0, 0.1) is 0 Å². The van der Waals surface area contributed by atoms with E-state index in [9.17, 15) is 0 Å². The van der Waals surface area contributed by atoms with Crippen LogP contribution in [-0.2, 0) is 0 Å². The topological polar surface area (TPSA) is 42.2 Å². The van der Waals surface area contributed by atoms with E-state index in [2.05, 4.69) is 36.3 Å². The molecule has 0 radical (unpaired) electrons. The van der Waals surface area contributed by atoms with E-state index in [-0.39, 0.29) is 0 Å². The summed E-state index contributed by atoms with van der Waals surface area (Å²) < 4.78 is 2.03. The Kier molecular flexibility index (Phi) is 4.02. The van der Waals surface area contributed by atoms with Crippen molar-refractivity contribution in [3.05, 3.63) is 24.4 Å². The molecule has 0 fully saturated rings. The predicted molar refractivity (Wildman–Crippen MR) is 71.4 cm³/mol. The standard InChI is InChI=1S/C12H18N4S/c1-4-13-9(2)10(3)17-12-15-14-11-7-5-6-8-16(11)12/h5-10,13H,4H2,1-3H3. The van der Waals surface area contributed by atoms with Crippen LogP contribution in [0.15, 0.2) is 29.6 Å². The van der Waals surface area contributed by atoms with Crippen molar-refractivity contribution in [1.82, 2.24) is 19.9 Å². The molecule has 2 atom stereocenters. The van der Waals surface area contributed by atoms with E-state index in [0.29, 0.717) is 11.3 Å². The summed E-state index contributed by atoms with van der Waals surface area (Å²) in [4.78, 5) is 0. The zero-order valence-electron chi connectivity index (χ0n) is 10.4. The van der Waals surface area contributed by atoms with Crippen LogP contribution in [0.1, 0.15) is 20.8 Å². The van der Waals surface area contributed by atoms with Gasteiger partial charge in [-0.1, -0.05) is 31.7 Å². The molecule has 4 nitrogen and oxygen atoms in total. The third kappa shape index (κ3) is 2.79. The zero-order valence-corrected chi connectivity index (χ0v) is 11.2. The lowest BCUT2D eigenvalue weighted by molar-refractivity contribution is 0.562. The molecule has 0 aliphatic rings. The summed E-state index contributed by atoms with van der Waals surface area (Å²) >= 11 is 1.75. The van der Waals surface area contributed by atoms with Gasteiger partial charge in [0.05, 0.1) is 0 Å². The Balaban J connectivity index is 2.13. The normalized spacial score (nSPS) is 15.0. The maximum absolute atomic E-state index is 4.23. The van der Waals surface area contributed by atoms with Crippen LogP contribution in [0.4, 0.5) is 0 Å². The maximum Gasteiger partial charge on any atom is 0.195 e. The number of rotatable bonds is 5. The molecule has 2 unspecified atom stereocenters. The lowest BCUT2D eigenvalue weighted by atomic mass is 10.2. The van der Waals surface area contributed by atoms with Crippen molar-refractivity contribution in [2.24, 2.45) is 0 Å². The van der Waals surface area contributed by atoms with Gasteiger partial charge >= 0.3 is 0 Å². The van der Waals surface area contributed by atoms with Gasteiger partial charge in [-0.05, 0) is 25.6 Å². The molecule has 17 heavy (non-hydrogen) atoms. The number of pyridine rings is 1. The van der Waals surface area contributed by atoms with Crippen molar-refractivity contribution in [3.8, 4) is 0 Å². The molecule has 0 saturated carbocycles. The van der Waals surface area contributed by atoms with Crippen LogP contribution in [0.2, 0.25) is 0 Å². The molecule has 0 saturated heterocycles. The number of fused-ring (bicyclic) bond motifs is 1. The quantitative estimate of drug-likeness (QED) is 0.826. The number of hydrogen-bond donors (Lipinski definition) is 1. The van der Waals surface area contributed by atoms with Crippen LogP contribution in [0.3, 0.4) is 0 Å². The van der Waals surface area contributed by atoms with E-state index < -0.39 is 0 Å². The molecule has 2 aromatic heterocycles. The molecule has 0 bridgehead atoms. The van der Waals surface area contributed by atoms with E-state index in [4.69, 9.17) is 0 Å². The molecule has 0 aromatic carbocycles. The Bertz CT molecular complexity index is 482. The fourth-order valence-electron chi connectivity index (χ4n) is 1.66. The largest absolute Gasteiger partial charge is 0.313 e. The Morgan fingerprint density at radius 3 is 2.94 bits per heavy atom. The lowest BCUT2D eigenvalue weighted by Gasteiger charge is -2.18. The summed E-state index contributed by atoms with van der Waals surface area (Å²) in [6.45, 7) is 7.53. The maximum atomic E-state index is 4.23. The van der Waals surface area contributed by atoms with Gasteiger partial charge in [0.1, 0.15) is 0 Å². The molecule has 0 amide bonds. The third-order valence-electron chi connectivity index (χ3n) is 2.80. The van der Waals surface area contributed by atoms with Crippen molar-refractivity contribution in [2.45, 2.75) is 37.2 Å². The van der Waals surface area contributed by atoms with Crippen LogP contribution < -0.4 is 5.32 Å². The molecule has 0 spiro atoms. The summed E-state index contributed by atoms with van der Waals surface area (Å²) in [5.41, 5.74) is 0.901. The van der Waals surface area contributed by atoms with Crippen LogP contribution >= 0.6 is 11.8 Å². The van der Waals surface area contributed by atoms with Gasteiger partial charge in [-0.3, -0.25) is 4.40 Å². The lowest BCUT2D eigenvalue weighted by Crippen LogP contribution is -2.33. The average molecular weight is 250 g/mol. The zero-order chi connectivity index (χ0) is 12.3. The second kappa shape index (κ2) is 5.51. The van der Waals surface area contributed by atoms with E-state index >= 15 is 0 Å². The molecule has 2 rings (SSSR count). The first-order valence-corrected chi connectivity index (χ1v) is 6.80. The first kappa shape index (κ1) is 12.4. The summed E-state index contributed by atoms with van der Waals surface area (Å²) in [5.74, 6) is 0. The molecule has 5 heteroatoms. The Hall–Kier alpha value is -1.07. The van der Waals surface area contributed by atoms with E-state index in [1.165, 1.54) is 0 Å². The van der Waals surface area contributed by atoms with Gasteiger partial charge in [0.15, 0.2) is 10.8 Å². The number of hydrogen-bond acceptors (Lipinski definition) is 4. The minimum atomic E-state index is 0.459. The van der Waals surface area contributed by atoms with Crippen molar-refractivity contribution in [2.75, 3.05) is 6.54 Å². The minimum Gasteiger partial charge on any atom is -0.313 e. The summed E-state index contributed by atoms with van der Waals surface area (Å²) in [7, 11) is 0. The second-order valence-corrected chi connectivity index (χ2v) is 5.43. The van der Waals surface area contributed by atoms with Crippen molar-refractivity contribution in [1.29, 1.82) is 0 Å². The number of nitrogens with zero attached hydrogens (tertiary/aromatic N) is 3. The van der Waals surface area contributed by atoms with Crippen LogP contribution in [0.5, 0.6) is 0 Å². The van der Waals surface area contributed by atoms with Crippen molar-refractivity contribution >= 4 is 17.4 Å². The highest BCUT2D eigenvalue weighted by Crippen LogP contribution is 2.23. The highest BCUT2D eigenvalue weighted by atomic mass is 32.2. The van der Waals surface area contributed by atoms with Gasteiger partial charge in [0.25, 0.3) is 0 Å². The van der Waals surface area contributed by atoms with Crippen LogP contribution in [-0.4, -0.2) is 32.4 Å². The number of nitrogens with one attached hydrogen (secondary N) is 1. The summed E-state index contributed by atoms with van der Waals surface area (Å²) in [6, 6.07) is 6.40. The average Bonchev–Trinajstić information content (AvgIpc) is 2.73. The van der Waals surface area contributed by atoms with Gasteiger partial charge in [-0.15, -0.1) is 10.2 Å². The van der Waals surface area contributed by atoms with Gasteiger partial charge < -0.3 is 5.32 Å². The Labute approximate surface area is 106 Å². The monoisotopic (exact) mass is 250 g/mol. The molecule has 2 aromatic rings. The van der Waals surface area contributed by atoms with Gasteiger partial charge in [0.2, 0.25) is 0 Å². The van der Waals surface area contributed by atoms with E-state index in [0.717, 1.165) is 17.3 Å². The molecule has 1 N–H and O–H groups in total. The number of aromatic nitrogens is 3. The predicted octanol–water partition coefficient (Wildman–Crippen LogP) is 2.21. The third-order valence-corrected chi connectivity index (χ3v) is 4.07.